The van der Waals surface area contributed by atoms with Crippen LogP contribution in [-0.4, -0.2) is 19.5 Å². The lowest BCUT2D eigenvalue weighted by Crippen LogP contribution is -2.01. The maximum atomic E-state index is 13.3. The summed E-state index contributed by atoms with van der Waals surface area (Å²) in [5.74, 6) is 1.56. The van der Waals surface area contributed by atoms with Crippen molar-refractivity contribution < 1.29 is 13.9 Å². The van der Waals surface area contributed by atoms with E-state index in [0.717, 1.165) is 16.4 Å². The predicted octanol–water partition coefficient (Wildman–Crippen LogP) is 4.01. The largest absolute Gasteiger partial charge is 0.497 e. The zero-order valence-electron chi connectivity index (χ0n) is 10.6. The van der Waals surface area contributed by atoms with Crippen molar-refractivity contribution in [2.75, 3.05) is 19.5 Å². The van der Waals surface area contributed by atoms with Gasteiger partial charge in [0.15, 0.2) is 11.6 Å². The average Bonchev–Trinajstić information content (AvgIpc) is 2.45. The molecule has 0 atom stereocenters. The van der Waals surface area contributed by atoms with Gasteiger partial charge in [0.25, 0.3) is 0 Å². The molecular weight excluding hydrogens is 263 g/mol. The molecule has 0 radical (unpaired) electrons. The van der Waals surface area contributed by atoms with Gasteiger partial charge in [-0.2, -0.15) is 0 Å². The quantitative estimate of drug-likeness (QED) is 0.587. The van der Waals surface area contributed by atoms with Gasteiger partial charge in [0, 0.05) is 10.6 Å². The molecule has 2 nitrogen and oxygen atoms in total. The molecule has 0 saturated carbocycles. The van der Waals surface area contributed by atoms with Crippen molar-refractivity contribution in [1.29, 1.82) is 0 Å². The Labute approximate surface area is 116 Å². The number of ether oxygens (including phenoxy) is 2. The van der Waals surface area contributed by atoms with Crippen LogP contribution in [-0.2, 0) is 0 Å². The van der Waals surface area contributed by atoms with E-state index in [2.05, 4.69) is 0 Å². The van der Waals surface area contributed by atoms with Crippen LogP contribution in [0, 0.1) is 5.82 Å². The molecule has 0 amide bonds. The molecule has 0 aliphatic rings. The van der Waals surface area contributed by atoms with Crippen molar-refractivity contribution in [1.82, 2.24) is 0 Å². The second kappa shape index (κ2) is 7.04. The summed E-state index contributed by atoms with van der Waals surface area (Å²) < 4.78 is 23.8. The number of halogens is 1. The normalized spacial score (nSPS) is 10.2. The van der Waals surface area contributed by atoms with Crippen molar-refractivity contribution in [3.05, 3.63) is 54.3 Å². The lowest BCUT2D eigenvalue weighted by atomic mass is 10.3. The summed E-state index contributed by atoms with van der Waals surface area (Å²) in [6.45, 7) is 0.461. The fourth-order valence-corrected chi connectivity index (χ4v) is 2.34. The Balaban J connectivity index is 1.79. The molecule has 0 N–H and O–H groups in total. The van der Waals surface area contributed by atoms with Crippen LogP contribution in [0.2, 0.25) is 0 Å². The van der Waals surface area contributed by atoms with Crippen molar-refractivity contribution in [3.8, 4) is 11.5 Å². The molecule has 2 rings (SSSR count). The number of hydrogen-bond donors (Lipinski definition) is 0. The first-order valence-corrected chi connectivity index (χ1v) is 6.92. The molecule has 0 spiro atoms. The van der Waals surface area contributed by atoms with E-state index in [0.29, 0.717) is 12.4 Å². The van der Waals surface area contributed by atoms with E-state index >= 15 is 0 Å². The number of para-hydroxylation sites is 1. The summed E-state index contributed by atoms with van der Waals surface area (Å²) in [6.07, 6.45) is 0. The first-order valence-electron chi connectivity index (χ1n) is 5.94. The lowest BCUT2D eigenvalue weighted by molar-refractivity contribution is 0.325. The second-order valence-electron chi connectivity index (χ2n) is 3.81. The molecular formula is C15H15FO2S. The lowest BCUT2D eigenvalue weighted by Gasteiger charge is -2.07. The first-order chi connectivity index (χ1) is 9.29. The van der Waals surface area contributed by atoms with E-state index in [-0.39, 0.29) is 5.82 Å². The second-order valence-corrected chi connectivity index (χ2v) is 4.97. The Hall–Kier alpha value is -1.68. The molecule has 100 valence electrons. The minimum Gasteiger partial charge on any atom is -0.497 e. The van der Waals surface area contributed by atoms with Crippen LogP contribution < -0.4 is 9.47 Å². The van der Waals surface area contributed by atoms with Crippen molar-refractivity contribution in [2.45, 2.75) is 4.90 Å². The Kier molecular flexibility index (Phi) is 5.10. The van der Waals surface area contributed by atoms with Gasteiger partial charge in [-0.15, -0.1) is 11.8 Å². The van der Waals surface area contributed by atoms with Crippen LogP contribution >= 0.6 is 11.8 Å². The highest BCUT2D eigenvalue weighted by molar-refractivity contribution is 7.99. The summed E-state index contributed by atoms with van der Waals surface area (Å²) in [4.78, 5) is 1.11. The van der Waals surface area contributed by atoms with E-state index in [1.54, 1.807) is 37.1 Å². The first kappa shape index (κ1) is 13.7. The van der Waals surface area contributed by atoms with Crippen LogP contribution in [0.1, 0.15) is 0 Å². The van der Waals surface area contributed by atoms with Crippen molar-refractivity contribution in [2.24, 2.45) is 0 Å². The molecule has 19 heavy (non-hydrogen) atoms. The van der Waals surface area contributed by atoms with Gasteiger partial charge in [-0.05, 0) is 30.3 Å². The summed E-state index contributed by atoms with van der Waals surface area (Å²) in [5, 5.41) is 0. The Morgan fingerprint density at radius 3 is 2.74 bits per heavy atom. The van der Waals surface area contributed by atoms with Gasteiger partial charge >= 0.3 is 0 Å². The van der Waals surface area contributed by atoms with Crippen molar-refractivity contribution >= 4 is 11.8 Å². The third kappa shape index (κ3) is 4.17. The minimum absolute atomic E-state index is 0.300. The smallest absolute Gasteiger partial charge is 0.165 e. The number of thioether (sulfide) groups is 1. The maximum Gasteiger partial charge on any atom is 0.165 e. The van der Waals surface area contributed by atoms with Gasteiger partial charge in [0.1, 0.15) is 5.75 Å². The van der Waals surface area contributed by atoms with E-state index in [9.17, 15) is 4.39 Å². The van der Waals surface area contributed by atoms with Crippen LogP contribution in [0.4, 0.5) is 4.39 Å². The third-order valence-electron chi connectivity index (χ3n) is 2.49. The topological polar surface area (TPSA) is 18.5 Å². The Bertz CT molecular complexity index is 531. The molecule has 0 fully saturated rings. The molecule has 0 aliphatic heterocycles. The Morgan fingerprint density at radius 1 is 1.11 bits per heavy atom. The van der Waals surface area contributed by atoms with Gasteiger partial charge < -0.3 is 9.47 Å². The number of hydrogen-bond acceptors (Lipinski definition) is 3. The zero-order valence-corrected chi connectivity index (χ0v) is 11.5. The van der Waals surface area contributed by atoms with E-state index in [1.165, 1.54) is 6.07 Å². The monoisotopic (exact) mass is 278 g/mol. The zero-order chi connectivity index (χ0) is 13.5. The summed E-state index contributed by atoms with van der Waals surface area (Å²) in [7, 11) is 1.64. The highest BCUT2D eigenvalue weighted by Crippen LogP contribution is 2.23. The number of rotatable bonds is 6. The van der Waals surface area contributed by atoms with E-state index in [1.807, 2.05) is 24.3 Å². The van der Waals surface area contributed by atoms with E-state index < -0.39 is 0 Å². The molecule has 0 unspecified atom stereocenters. The van der Waals surface area contributed by atoms with Gasteiger partial charge in [0.2, 0.25) is 0 Å². The van der Waals surface area contributed by atoms with Gasteiger partial charge in [0.05, 0.1) is 13.7 Å². The molecule has 0 aliphatic carbocycles. The fraction of sp³-hybridized carbons (Fsp3) is 0.200. The van der Waals surface area contributed by atoms with Crippen molar-refractivity contribution in [3.63, 3.8) is 0 Å². The summed E-state index contributed by atoms with van der Waals surface area (Å²) in [6, 6.07) is 14.2. The maximum absolute atomic E-state index is 13.3. The number of methoxy groups -OCH3 is 1. The minimum atomic E-state index is -0.325. The fourth-order valence-electron chi connectivity index (χ4n) is 1.56. The van der Waals surface area contributed by atoms with Crippen LogP contribution in [0.15, 0.2) is 53.4 Å². The van der Waals surface area contributed by atoms with Gasteiger partial charge in [-0.1, -0.05) is 18.2 Å². The standard InChI is InChI=1S/C15H15FO2S/c1-17-12-5-4-6-13(11-12)19-10-9-18-15-8-3-2-7-14(15)16/h2-8,11H,9-10H2,1H3. The van der Waals surface area contributed by atoms with Crippen LogP contribution in [0.5, 0.6) is 11.5 Å². The highest BCUT2D eigenvalue weighted by atomic mass is 32.2. The molecule has 2 aromatic carbocycles. The molecule has 0 aromatic heterocycles. The van der Waals surface area contributed by atoms with Gasteiger partial charge in [-0.3, -0.25) is 0 Å². The van der Waals surface area contributed by atoms with E-state index in [4.69, 9.17) is 9.47 Å². The van der Waals surface area contributed by atoms with Crippen LogP contribution in [0.25, 0.3) is 0 Å². The summed E-state index contributed by atoms with van der Waals surface area (Å²) in [5.41, 5.74) is 0. The SMILES string of the molecule is COc1cccc(SCCOc2ccccc2F)c1. The molecule has 0 saturated heterocycles. The summed E-state index contributed by atoms with van der Waals surface area (Å²) >= 11 is 1.65. The Morgan fingerprint density at radius 2 is 1.95 bits per heavy atom. The van der Waals surface area contributed by atoms with Gasteiger partial charge in [-0.25, -0.2) is 4.39 Å². The van der Waals surface area contributed by atoms with Crippen LogP contribution in [0.3, 0.4) is 0 Å². The average molecular weight is 278 g/mol. The number of benzene rings is 2. The third-order valence-corrected chi connectivity index (χ3v) is 3.45. The molecule has 0 bridgehead atoms. The molecule has 0 heterocycles. The molecule has 4 heteroatoms. The predicted molar refractivity (Wildman–Crippen MR) is 75.6 cm³/mol. The molecule has 2 aromatic rings. The highest BCUT2D eigenvalue weighted by Gasteiger charge is 2.01.